The fourth-order valence-corrected chi connectivity index (χ4v) is 5.71. The second-order valence-electron chi connectivity index (χ2n) is 9.02. The number of H-pyrrole nitrogens is 1. The minimum atomic E-state index is -1.71. The lowest BCUT2D eigenvalue weighted by Gasteiger charge is -2.11. The van der Waals surface area contributed by atoms with Crippen LogP contribution in [0, 0.1) is 13.8 Å². The van der Waals surface area contributed by atoms with Gasteiger partial charge >= 0.3 is 0 Å². The summed E-state index contributed by atoms with van der Waals surface area (Å²) in [7, 11) is -1.71. The molecule has 0 saturated heterocycles. The average molecular weight is 531 g/mol. The van der Waals surface area contributed by atoms with Crippen LogP contribution in [0.2, 0.25) is 5.02 Å². The van der Waals surface area contributed by atoms with E-state index < -0.39 is 16.9 Å². The van der Waals surface area contributed by atoms with Gasteiger partial charge in [0.15, 0.2) is 11.0 Å². The molecule has 0 bridgehead atoms. The second kappa shape index (κ2) is 10.8. The van der Waals surface area contributed by atoms with Crippen molar-refractivity contribution in [2.45, 2.75) is 31.6 Å². The van der Waals surface area contributed by atoms with Gasteiger partial charge in [0.05, 0.1) is 11.5 Å². The molecule has 0 aliphatic carbocycles. The van der Waals surface area contributed by atoms with Gasteiger partial charge in [0.2, 0.25) is 0 Å². The standard InChI is InChI=1S/C30H27ClN2O3S/c1-19-17-22(18-20(2)28(19)31)36-16-8-13-25-24-12-5-6-14-26(24)32-29(25)30(34)33-37(35)27-15-7-10-21-9-3-4-11-23(21)27/h3-7,9-12,14-15,17-18,32H,8,13,16H2,1-2H3,(H,33,34). The Kier molecular flexibility index (Phi) is 7.31. The zero-order valence-electron chi connectivity index (χ0n) is 20.6. The summed E-state index contributed by atoms with van der Waals surface area (Å²) in [5.74, 6) is 0.379. The molecule has 1 aromatic heterocycles. The number of fused-ring (bicyclic) bond motifs is 2. The van der Waals surface area contributed by atoms with Crippen molar-refractivity contribution in [3.05, 3.63) is 106 Å². The van der Waals surface area contributed by atoms with Gasteiger partial charge in [-0.15, -0.1) is 0 Å². The zero-order valence-corrected chi connectivity index (χ0v) is 22.2. The first-order valence-corrected chi connectivity index (χ1v) is 13.6. The predicted octanol–water partition coefficient (Wildman–Crippen LogP) is 7.06. The van der Waals surface area contributed by atoms with Crippen molar-refractivity contribution < 1.29 is 13.7 Å². The smallest absolute Gasteiger partial charge is 0.279 e. The van der Waals surface area contributed by atoms with Crippen LogP contribution in [0.3, 0.4) is 0 Å². The summed E-state index contributed by atoms with van der Waals surface area (Å²) in [6, 6.07) is 25.0. The van der Waals surface area contributed by atoms with Crippen LogP contribution < -0.4 is 9.46 Å². The van der Waals surface area contributed by atoms with Gasteiger partial charge in [-0.25, -0.2) is 4.21 Å². The molecule has 0 spiro atoms. The molecule has 0 aliphatic heterocycles. The quantitative estimate of drug-likeness (QED) is 0.211. The van der Waals surface area contributed by atoms with E-state index in [1.807, 2.05) is 86.6 Å². The first-order chi connectivity index (χ1) is 17.9. The van der Waals surface area contributed by atoms with Crippen molar-refractivity contribution in [3.63, 3.8) is 0 Å². The van der Waals surface area contributed by atoms with Gasteiger partial charge in [-0.1, -0.05) is 66.2 Å². The highest BCUT2D eigenvalue weighted by atomic mass is 35.5. The van der Waals surface area contributed by atoms with E-state index in [2.05, 4.69) is 9.71 Å². The van der Waals surface area contributed by atoms with E-state index in [4.69, 9.17) is 16.3 Å². The summed E-state index contributed by atoms with van der Waals surface area (Å²) < 4.78 is 21.9. The van der Waals surface area contributed by atoms with Crippen molar-refractivity contribution in [2.24, 2.45) is 0 Å². The van der Waals surface area contributed by atoms with E-state index in [0.717, 1.165) is 49.1 Å². The summed E-state index contributed by atoms with van der Waals surface area (Å²) in [5, 5.41) is 3.55. The number of aryl methyl sites for hydroxylation is 3. The van der Waals surface area contributed by atoms with E-state index in [1.54, 1.807) is 6.07 Å². The van der Waals surface area contributed by atoms with Crippen LogP contribution in [0.15, 0.2) is 83.8 Å². The van der Waals surface area contributed by atoms with Crippen LogP contribution >= 0.6 is 11.6 Å². The fourth-order valence-electron chi connectivity index (χ4n) is 4.63. The summed E-state index contributed by atoms with van der Waals surface area (Å²) in [4.78, 5) is 17.1. The number of hydrogen-bond acceptors (Lipinski definition) is 3. The van der Waals surface area contributed by atoms with Crippen molar-refractivity contribution in [2.75, 3.05) is 6.61 Å². The third-order valence-electron chi connectivity index (χ3n) is 6.43. The molecule has 4 aromatic carbocycles. The molecule has 5 rings (SSSR count). The molecular weight excluding hydrogens is 504 g/mol. The summed E-state index contributed by atoms with van der Waals surface area (Å²) in [6.07, 6.45) is 1.33. The number of carbonyl (C=O) groups excluding carboxylic acids is 1. The number of aromatic nitrogens is 1. The lowest BCUT2D eigenvalue weighted by atomic mass is 10.1. The van der Waals surface area contributed by atoms with Gasteiger partial charge in [0.1, 0.15) is 11.4 Å². The van der Waals surface area contributed by atoms with Gasteiger partial charge in [0, 0.05) is 15.9 Å². The third-order valence-corrected chi connectivity index (χ3v) is 8.15. The molecule has 5 nitrogen and oxygen atoms in total. The molecule has 0 radical (unpaired) electrons. The SMILES string of the molecule is Cc1cc(OCCCc2c(C(=O)NS(=O)c3cccc4ccccc34)[nH]c3ccccc23)cc(C)c1Cl. The Morgan fingerprint density at radius 2 is 1.62 bits per heavy atom. The molecule has 7 heteroatoms. The highest BCUT2D eigenvalue weighted by molar-refractivity contribution is 7.84. The van der Waals surface area contributed by atoms with E-state index in [-0.39, 0.29) is 0 Å². The summed E-state index contributed by atoms with van der Waals surface area (Å²) in [6.45, 7) is 4.41. The van der Waals surface area contributed by atoms with Gasteiger partial charge in [-0.3, -0.25) is 9.52 Å². The van der Waals surface area contributed by atoms with E-state index >= 15 is 0 Å². The maximum Gasteiger partial charge on any atom is 0.279 e. The Morgan fingerprint density at radius 1 is 0.946 bits per heavy atom. The van der Waals surface area contributed by atoms with Crippen molar-refractivity contribution in [3.8, 4) is 5.75 Å². The molecule has 1 heterocycles. The maximum absolute atomic E-state index is 13.3. The molecule has 0 saturated carbocycles. The molecule has 5 aromatic rings. The summed E-state index contributed by atoms with van der Waals surface area (Å²) >= 11 is 6.27. The maximum atomic E-state index is 13.3. The number of rotatable bonds is 8. The van der Waals surface area contributed by atoms with Crippen molar-refractivity contribution in [1.82, 2.24) is 9.71 Å². The van der Waals surface area contributed by atoms with Gasteiger partial charge in [-0.05, 0) is 78.4 Å². The first kappa shape index (κ1) is 25.1. The Labute approximate surface area is 223 Å². The Bertz CT molecular complexity index is 1610. The lowest BCUT2D eigenvalue weighted by molar-refractivity contribution is 0.0978. The molecule has 1 unspecified atom stereocenters. The molecule has 0 aliphatic rings. The number of benzene rings is 4. The number of halogens is 1. The van der Waals surface area contributed by atoms with Crippen LogP contribution in [-0.4, -0.2) is 21.7 Å². The van der Waals surface area contributed by atoms with Gasteiger partial charge < -0.3 is 9.72 Å². The minimum Gasteiger partial charge on any atom is -0.494 e. The number of carbonyl (C=O) groups is 1. The zero-order chi connectivity index (χ0) is 25.9. The lowest BCUT2D eigenvalue weighted by Crippen LogP contribution is -2.27. The van der Waals surface area contributed by atoms with E-state index in [0.29, 0.717) is 30.0 Å². The average Bonchev–Trinajstić information content (AvgIpc) is 3.28. The summed E-state index contributed by atoms with van der Waals surface area (Å²) in [5.41, 5.74) is 4.13. The molecule has 1 amide bonds. The fraction of sp³-hybridized carbons (Fsp3) is 0.167. The molecule has 188 valence electrons. The van der Waals surface area contributed by atoms with Crippen molar-refractivity contribution in [1.29, 1.82) is 0 Å². The number of hydrogen-bond donors (Lipinski definition) is 2. The molecule has 0 fully saturated rings. The van der Waals surface area contributed by atoms with Crippen LogP contribution in [0.25, 0.3) is 21.7 Å². The van der Waals surface area contributed by atoms with E-state index in [1.165, 1.54) is 0 Å². The molecule has 37 heavy (non-hydrogen) atoms. The number of nitrogens with one attached hydrogen (secondary N) is 2. The largest absolute Gasteiger partial charge is 0.494 e. The van der Waals surface area contributed by atoms with Gasteiger partial charge in [0.25, 0.3) is 5.91 Å². The molecular formula is C30H27ClN2O3S. The van der Waals surface area contributed by atoms with Crippen molar-refractivity contribution >= 4 is 50.2 Å². The van der Waals surface area contributed by atoms with Crippen LogP contribution in [0.5, 0.6) is 5.75 Å². The molecule has 2 N–H and O–H groups in total. The number of ether oxygens (including phenoxy) is 1. The molecule has 1 atom stereocenters. The topological polar surface area (TPSA) is 71.2 Å². The highest BCUT2D eigenvalue weighted by Gasteiger charge is 2.20. The van der Waals surface area contributed by atoms with Crippen LogP contribution in [0.1, 0.15) is 33.6 Å². The minimum absolute atomic E-state index is 0.401. The third kappa shape index (κ3) is 5.26. The Balaban J connectivity index is 1.34. The predicted molar refractivity (Wildman–Crippen MR) is 151 cm³/mol. The van der Waals surface area contributed by atoms with E-state index in [9.17, 15) is 9.00 Å². The van der Waals surface area contributed by atoms with Crippen LogP contribution in [0.4, 0.5) is 0 Å². The Morgan fingerprint density at radius 3 is 2.41 bits per heavy atom. The monoisotopic (exact) mass is 530 g/mol. The number of para-hydroxylation sites is 1. The number of aromatic amines is 1. The first-order valence-electron chi connectivity index (χ1n) is 12.1. The normalized spacial score (nSPS) is 12.1. The van der Waals surface area contributed by atoms with Crippen LogP contribution in [-0.2, 0) is 17.4 Å². The Hall–Kier alpha value is -3.61. The highest BCUT2D eigenvalue weighted by Crippen LogP contribution is 2.27. The second-order valence-corrected chi connectivity index (χ2v) is 10.6. The van der Waals surface area contributed by atoms with Gasteiger partial charge in [-0.2, -0.15) is 0 Å². The number of amides is 1.